The first kappa shape index (κ1) is 20.8. The van der Waals surface area contributed by atoms with E-state index in [1.807, 2.05) is 19.1 Å². The van der Waals surface area contributed by atoms with Crippen LogP contribution in [0.1, 0.15) is 22.8 Å². The highest BCUT2D eigenvalue weighted by molar-refractivity contribution is 7.80. The van der Waals surface area contributed by atoms with Crippen LogP contribution in [0.5, 0.6) is 5.75 Å². The summed E-state index contributed by atoms with van der Waals surface area (Å²) in [6.07, 6.45) is 0.903. The lowest BCUT2D eigenvalue weighted by molar-refractivity contribution is -0.385. The van der Waals surface area contributed by atoms with Crippen LogP contribution >= 0.6 is 12.2 Å². The van der Waals surface area contributed by atoms with Gasteiger partial charge in [0.05, 0.1) is 4.92 Å². The Morgan fingerprint density at radius 2 is 1.79 bits per heavy atom. The molecule has 9 nitrogen and oxygen atoms in total. The largest absolute Gasteiger partial charge is 0.484 e. The van der Waals surface area contributed by atoms with Crippen LogP contribution in [0, 0.1) is 10.1 Å². The van der Waals surface area contributed by atoms with E-state index in [2.05, 4.69) is 16.2 Å². The predicted molar refractivity (Wildman–Crippen MR) is 106 cm³/mol. The van der Waals surface area contributed by atoms with E-state index in [-0.39, 0.29) is 23.0 Å². The van der Waals surface area contributed by atoms with Gasteiger partial charge in [-0.15, -0.1) is 0 Å². The minimum Gasteiger partial charge on any atom is -0.484 e. The molecule has 146 valence electrons. The van der Waals surface area contributed by atoms with Crippen molar-refractivity contribution in [3.63, 3.8) is 0 Å². The van der Waals surface area contributed by atoms with Crippen molar-refractivity contribution < 1.29 is 19.2 Å². The number of nitro benzene ring substituents is 1. The fraction of sp³-hybridized carbons (Fsp3) is 0.167. The summed E-state index contributed by atoms with van der Waals surface area (Å²) in [7, 11) is 0. The molecule has 0 aliphatic heterocycles. The van der Waals surface area contributed by atoms with Crippen molar-refractivity contribution in [2.75, 3.05) is 6.61 Å². The Morgan fingerprint density at radius 1 is 1.11 bits per heavy atom. The van der Waals surface area contributed by atoms with E-state index >= 15 is 0 Å². The monoisotopic (exact) mass is 402 g/mol. The molecule has 2 rings (SSSR count). The molecule has 0 radical (unpaired) electrons. The number of hydrazine groups is 1. The fourth-order valence-corrected chi connectivity index (χ4v) is 2.30. The van der Waals surface area contributed by atoms with E-state index in [4.69, 9.17) is 17.0 Å². The molecular weight excluding hydrogens is 384 g/mol. The molecule has 2 amide bonds. The molecule has 2 aromatic carbocycles. The van der Waals surface area contributed by atoms with Gasteiger partial charge in [-0.3, -0.25) is 35.9 Å². The Morgan fingerprint density at radius 3 is 2.43 bits per heavy atom. The van der Waals surface area contributed by atoms with E-state index < -0.39 is 16.7 Å². The summed E-state index contributed by atoms with van der Waals surface area (Å²) >= 11 is 4.89. The molecule has 10 heteroatoms. The molecule has 0 bridgehead atoms. The van der Waals surface area contributed by atoms with Gasteiger partial charge >= 0.3 is 0 Å². The van der Waals surface area contributed by atoms with Crippen molar-refractivity contribution >= 4 is 34.8 Å². The highest BCUT2D eigenvalue weighted by Gasteiger charge is 2.19. The van der Waals surface area contributed by atoms with E-state index in [9.17, 15) is 19.7 Å². The maximum absolute atomic E-state index is 12.1. The second kappa shape index (κ2) is 9.97. The average molecular weight is 402 g/mol. The van der Waals surface area contributed by atoms with Gasteiger partial charge in [0.2, 0.25) is 0 Å². The Hall–Kier alpha value is -3.53. The van der Waals surface area contributed by atoms with Crippen LogP contribution in [0.3, 0.4) is 0 Å². The Kier molecular flexibility index (Phi) is 7.40. The molecule has 3 N–H and O–H groups in total. The highest BCUT2D eigenvalue weighted by atomic mass is 32.1. The lowest BCUT2D eigenvalue weighted by Crippen LogP contribution is -2.49. The number of nitro groups is 1. The van der Waals surface area contributed by atoms with Crippen LogP contribution < -0.4 is 20.9 Å². The second-order valence-electron chi connectivity index (χ2n) is 5.52. The molecule has 0 unspecified atom stereocenters. The van der Waals surface area contributed by atoms with Gasteiger partial charge in [0.15, 0.2) is 11.7 Å². The smallest absolute Gasteiger partial charge is 0.282 e. The predicted octanol–water partition coefficient (Wildman–Crippen LogP) is 1.87. The number of hydrogen-bond acceptors (Lipinski definition) is 6. The van der Waals surface area contributed by atoms with E-state index in [0.717, 1.165) is 12.0 Å². The van der Waals surface area contributed by atoms with Gasteiger partial charge in [-0.2, -0.15) is 0 Å². The lowest BCUT2D eigenvalue weighted by Gasteiger charge is -2.11. The molecule has 0 saturated carbocycles. The maximum Gasteiger partial charge on any atom is 0.282 e. The van der Waals surface area contributed by atoms with Crippen LogP contribution in [0.2, 0.25) is 0 Å². The minimum absolute atomic E-state index is 0.151. The summed E-state index contributed by atoms with van der Waals surface area (Å²) in [5, 5.41) is 13.0. The third kappa shape index (κ3) is 6.02. The van der Waals surface area contributed by atoms with Crippen LogP contribution in [0.25, 0.3) is 0 Å². The topological polar surface area (TPSA) is 123 Å². The normalized spacial score (nSPS) is 9.89. The van der Waals surface area contributed by atoms with Gasteiger partial charge in [-0.25, -0.2) is 0 Å². The highest BCUT2D eigenvalue weighted by Crippen LogP contribution is 2.17. The summed E-state index contributed by atoms with van der Waals surface area (Å²) in [5.41, 5.74) is 5.25. The summed E-state index contributed by atoms with van der Waals surface area (Å²) in [4.78, 5) is 34.2. The third-order valence-corrected chi connectivity index (χ3v) is 3.79. The molecule has 0 fully saturated rings. The molecule has 0 saturated heterocycles. The number of nitrogens with one attached hydrogen (secondary N) is 3. The fourth-order valence-electron chi connectivity index (χ4n) is 2.16. The molecule has 0 heterocycles. The number of benzene rings is 2. The Balaban J connectivity index is 1.79. The van der Waals surface area contributed by atoms with E-state index in [1.54, 1.807) is 12.1 Å². The quantitative estimate of drug-likeness (QED) is 0.383. The van der Waals surface area contributed by atoms with Crippen molar-refractivity contribution in [3.8, 4) is 5.75 Å². The molecule has 0 aliphatic carbocycles. The summed E-state index contributed by atoms with van der Waals surface area (Å²) in [6.45, 7) is 1.77. The van der Waals surface area contributed by atoms with Crippen molar-refractivity contribution in [3.05, 3.63) is 69.8 Å². The average Bonchev–Trinajstić information content (AvgIpc) is 2.71. The zero-order chi connectivity index (χ0) is 20.5. The van der Waals surface area contributed by atoms with Crippen LogP contribution in [0.15, 0.2) is 48.5 Å². The van der Waals surface area contributed by atoms with Gasteiger partial charge in [0.25, 0.3) is 17.5 Å². The summed E-state index contributed by atoms with van der Waals surface area (Å²) in [5.74, 6) is -0.757. The van der Waals surface area contributed by atoms with Crippen molar-refractivity contribution in [2.45, 2.75) is 13.3 Å². The standard InChI is InChI=1S/C18H18N4O5S/c1-2-12-7-9-13(10-8-12)27-11-16(23)20-21-18(28)19-17(24)14-5-3-4-6-15(14)22(25)26/h3-10H,2,11H2,1H3,(H,20,23)(H2,19,21,24,28). The molecule has 28 heavy (non-hydrogen) atoms. The molecular formula is C18H18N4O5S. The number of carbonyl (C=O) groups is 2. The molecule has 2 aromatic rings. The van der Waals surface area contributed by atoms with Crippen molar-refractivity contribution in [1.29, 1.82) is 0 Å². The molecule has 0 aliphatic rings. The minimum atomic E-state index is -0.772. The lowest BCUT2D eigenvalue weighted by atomic mass is 10.1. The zero-order valence-corrected chi connectivity index (χ0v) is 15.7. The number of hydrogen-bond donors (Lipinski definition) is 3. The molecule has 0 spiro atoms. The van der Waals surface area contributed by atoms with Gasteiger partial charge in [0.1, 0.15) is 11.3 Å². The third-order valence-electron chi connectivity index (χ3n) is 3.59. The van der Waals surface area contributed by atoms with Gasteiger partial charge in [0, 0.05) is 6.07 Å². The van der Waals surface area contributed by atoms with Crippen molar-refractivity contribution in [2.24, 2.45) is 0 Å². The summed E-state index contributed by atoms with van der Waals surface area (Å²) in [6, 6.07) is 12.8. The first-order chi connectivity index (χ1) is 13.4. The van der Waals surface area contributed by atoms with Gasteiger partial charge in [-0.1, -0.05) is 31.2 Å². The number of aryl methyl sites for hydroxylation is 1. The maximum atomic E-state index is 12.1. The second-order valence-corrected chi connectivity index (χ2v) is 5.93. The van der Waals surface area contributed by atoms with Crippen LogP contribution in [-0.4, -0.2) is 28.5 Å². The van der Waals surface area contributed by atoms with Gasteiger partial charge < -0.3 is 4.74 Å². The summed E-state index contributed by atoms with van der Waals surface area (Å²) < 4.78 is 5.33. The number of ether oxygens (including phenoxy) is 1. The van der Waals surface area contributed by atoms with E-state index in [1.165, 1.54) is 24.3 Å². The number of rotatable bonds is 6. The number of amides is 2. The Labute approximate surface area is 166 Å². The zero-order valence-electron chi connectivity index (χ0n) is 14.9. The molecule has 0 atom stereocenters. The van der Waals surface area contributed by atoms with Crippen LogP contribution in [0.4, 0.5) is 5.69 Å². The van der Waals surface area contributed by atoms with Crippen LogP contribution in [-0.2, 0) is 11.2 Å². The van der Waals surface area contributed by atoms with Crippen molar-refractivity contribution in [1.82, 2.24) is 16.2 Å². The van der Waals surface area contributed by atoms with Gasteiger partial charge in [-0.05, 0) is 42.4 Å². The first-order valence-corrected chi connectivity index (χ1v) is 8.67. The Bertz CT molecular complexity index is 886. The number of para-hydroxylation sites is 1. The first-order valence-electron chi connectivity index (χ1n) is 8.26. The SMILES string of the molecule is CCc1ccc(OCC(=O)NNC(=S)NC(=O)c2ccccc2[N+](=O)[O-])cc1. The number of thiocarbonyl (C=S) groups is 1. The number of nitrogens with zero attached hydrogens (tertiary/aromatic N) is 1. The number of carbonyl (C=O) groups excluding carboxylic acids is 2. The van der Waals surface area contributed by atoms with E-state index in [0.29, 0.717) is 5.75 Å². The molecule has 0 aromatic heterocycles.